The van der Waals surface area contributed by atoms with E-state index in [2.05, 4.69) is 48.2 Å². The van der Waals surface area contributed by atoms with Gasteiger partial charge in [0.15, 0.2) is 0 Å². The second-order valence-electron chi connectivity index (χ2n) is 6.74. The lowest BCUT2D eigenvalue weighted by molar-refractivity contribution is 0.361. The summed E-state index contributed by atoms with van der Waals surface area (Å²) < 4.78 is 0. The SMILES string of the molecule is CC1CC(C)(C)CC1NCc1nc2ccccc2[nH]1. The molecule has 3 heteroatoms. The van der Waals surface area contributed by atoms with Gasteiger partial charge in [-0.3, -0.25) is 0 Å². The number of nitrogens with one attached hydrogen (secondary N) is 2. The van der Waals surface area contributed by atoms with Crippen molar-refractivity contribution in [1.82, 2.24) is 15.3 Å². The van der Waals surface area contributed by atoms with E-state index in [0.29, 0.717) is 11.5 Å². The molecular weight excluding hydrogens is 234 g/mol. The van der Waals surface area contributed by atoms with Gasteiger partial charge in [0, 0.05) is 6.04 Å². The van der Waals surface area contributed by atoms with Crippen LogP contribution in [-0.2, 0) is 6.54 Å². The van der Waals surface area contributed by atoms with Gasteiger partial charge in [-0.15, -0.1) is 0 Å². The van der Waals surface area contributed by atoms with Crippen LogP contribution >= 0.6 is 0 Å². The molecule has 2 N–H and O–H groups in total. The van der Waals surface area contributed by atoms with Crippen LogP contribution < -0.4 is 5.32 Å². The highest BCUT2D eigenvalue weighted by Crippen LogP contribution is 2.40. The summed E-state index contributed by atoms with van der Waals surface area (Å²) in [6, 6.07) is 8.81. The highest BCUT2D eigenvalue weighted by atomic mass is 15.0. The Bertz CT molecular complexity index is 537. The van der Waals surface area contributed by atoms with E-state index in [1.54, 1.807) is 0 Å². The summed E-state index contributed by atoms with van der Waals surface area (Å²) >= 11 is 0. The maximum atomic E-state index is 4.62. The number of hydrogen-bond acceptors (Lipinski definition) is 2. The van der Waals surface area contributed by atoms with Crippen molar-refractivity contribution in [2.45, 2.75) is 46.2 Å². The van der Waals surface area contributed by atoms with Gasteiger partial charge in [-0.25, -0.2) is 4.98 Å². The van der Waals surface area contributed by atoms with Crippen molar-refractivity contribution in [2.24, 2.45) is 11.3 Å². The highest BCUT2D eigenvalue weighted by molar-refractivity contribution is 5.74. The zero-order valence-corrected chi connectivity index (χ0v) is 12.0. The molecule has 0 amide bonds. The summed E-state index contributed by atoms with van der Waals surface area (Å²) in [5, 5.41) is 3.67. The molecule has 2 aromatic rings. The van der Waals surface area contributed by atoms with Crippen molar-refractivity contribution in [1.29, 1.82) is 0 Å². The van der Waals surface area contributed by atoms with Crippen molar-refractivity contribution in [3.05, 3.63) is 30.1 Å². The van der Waals surface area contributed by atoms with Gasteiger partial charge in [-0.2, -0.15) is 0 Å². The number of imidazole rings is 1. The number of rotatable bonds is 3. The maximum absolute atomic E-state index is 4.62. The van der Waals surface area contributed by atoms with E-state index < -0.39 is 0 Å². The molecule has 1 aromatic carbocycles. The largest absolute Gasteiger partial charge is 0.341 e. The molecule has 3 nitrogen and oxygen atoms in total. The first-order chi connectivity index (χ1) is 9.03. The third-order valence-electron chi connectivity index (χ3n) is 4.30. The molecule has 0 bridgehead atoms. The fraction of sp³-hybridized carbons (Fsp3) is 0.562. The smallest absolute Gasteiger partial charge is 0.121 e. The van der Waals surface area contributed by atoms with E-state index in [0.717, 1.165) is 29.3 Å². The minimum Gasteiger partial charge on any atom is -0.341 e. The van der Waals surface area contributed by atoms with E-state index in [1.807, 2.05) is 12.1 Å². The van der Waals surface area contributed by atoms with Gasteiger partial charge in [-0.1, -0.05) is 32.9 Å². The quantitative estimate of drug-likeness (QED) is 0.884. The van der Waals surface area contributed by atoms with Gasteiger partial charge < -0.3 is 10.3 Å². The number of para-hydroxylation sites is 2. The first-order valence-electron chi connectivity index (χ1n) is 7.20. The van der Waals surface area contributed by atoms with Crippen molar-refractivity contribution in [2.75, 3.05) is 0 Å². The Balaban J connectivity index is 1.66. The monoisotopic (exact) mass is 257 g/mol. The second kappa shape index (κ2) is 4.64. The van der Waals surface area contributed by atoms with Crippen LogP contribution in [0.2, 0.25) is 0 Å². The van der Waals surface area contributed by atoms with Crippen LogP contribution in [0.15, 0.2) is 24.3 Å². The molecule has 0 spiro atoms. The number of aromatic amines is 1. The van der Waals surface area contributed by atoms with E-state index in [-0.39, 0.29) is 0 Å². The third kappa shape index (κ3) is 2.66. The molecule has 0 saturated heterocycles. The zero-order chi connectivity index (χ0) is 13.5. The molecular formula is C16H23N3. The minimum absolute atomic E-state index is 0.477. The topological polar surface area (TPSA) is 40.7 Å². The Morgan fingerprint density at radius 2 is 2.11 bits per heavy atom. The number of nitrogens with zero attached hydrogens (tertiary/aromatic N) is 1. The molecule has 2 atom stereocenters. The van der Waals surface area contributed by atoms with Gasteiger partial charge in [0.2, 0.25) is 0 Å². The van der Waals surface area contributed by atoms with Gasteiger partial charge in [-0.05, 0) is 36.3 Å². The van der Waals surface area contributed by atoms with Crippen molar-refractivity contribution in [3.63, 3.8) is 0 Å². The Morgan fingerprint density at radius 3 is 2.79 bits per heavy atom. The molecule has 0 radical (unpaired) electrons. The summed E-state index contributed by atoms with van der Waals surface area (Å²) in [5.41, 5.74) is 2.66. The Morgan fingerprint density at radius 1 is 1.32 bits per heavy atom. The van der Waals surface area contributed by atoms with Gasteiger partial charge in [0.1, 0.15) is 5.82 Å². The maximum Gasteiger partial charge on any atom is 0.121 e. The number of hydrogen-bond donors (Lipinski definition) is 2. The van der Waals surface area contributed by atoms with Crippen molar-refractivity contribution in [3.8, 4) is 0 Å². The van der Waals surface area contributed by atoms with E-state index >= 15 is 0 Å². The Kier molecular flexibility index (Phi) is 3.09. The normalized spacial score (nSPS) is 26.1. The number of fused-ring (bicyclic) bond motifs is 1. The average molecular weight is 257 g/mol. The van der Waals surface area contributed by atoms with Crippen LogP contribution in [0, 0.1) is 11.3 Å². The summed E-state index contributed by atoms with van der Waals surface area (Å²) in [6.45, 7) is 7.92. The number of H-pyrrole nitrogens is 1. The van der Waals surface area contributed by atoms with Crippen LogP contribution in [0.25, 0.3) is 11.0 Å². The fourth-order valence-electron chi connectivity index (χ4n) is 3.48. The standard InChI is InChI=1S/C16H23N3/c1-11-8-16(2,3)9-14(11)17-10-15-18-12-6-4-5-7-13(12)19-15/h4-7,11,14,17H,8-10H2,1-3H3,(H,18,19). The lowest BCUT2D eigenvalue weighted by atomic mass is 9.91. The Labute approximate surface area is 114 Å². The van der Waals surface area contributed by atoms with Gasteiger partial charge in [0.25, 0.3) is 0 Å². The predicted octanol–water partition coefficient (Wildman–Crippen LogP) is 3.48. The summed E-state index contributed by atoms with van der Waals surface area (Å²) in [6.07, 6.45) is 2.57. The molecule has 1 aliphatic carbocycles. The lowest BCUT2D eigenvalue weighted by Crippen LogP contribution is -2.31. The third-order valence-corrected chi connectivity index (χ3v) is 4.30. The Hall–Kier alpha value is -1.35. The first kappa shape index (κ1) is 12.7. The predicted molar refractivity (Wildman–Crippen MR) is 78.9 cm³/mol. The molecule has 3 rings (SSSR count). The summed E-state index contributed by atoms with van der Waals surface area (Å²) in [7, 11) is 0. The average Bonchev–Trinajstić information content (AvgIpc) is 2.86. The molecule has 0 aliphatic heterocycles. The first-order valence-corrected chi connectivity index (χ1v) is 7.20. The van der Waals surface area contributed by atoms with E-state index in [4.69, 9.17) is 0 Å². The lowest BCUT2D eigenvalue weighted by Gasteiger charge is -2.17. The minimum atomic E-state index is 0.477. The van der Waals surface area contributed by atoms with Crippen LogP contribution in [0.5, 0.6) is 0 Å². The summed E-state index contributed by atoms with van der Waals surface area (Å²) in [4.78, 5) is 8.00. The summed E-state index contributed by atoms with van der Waals surface area (Å²) in [5.74, 6) is 1.79. The van der Waals surface area contributed by atoms with Crippen LogP contribution in [0.3, 0.4) is 0 Å². The van der Waals surface area contributed by atoms with Crippen LogP contribution in [0.4, 0.5) is 0 Å². The van der Waals surface area contributed by atoms with E-state index in [1.165, 1.54) is 12.8 Å². The molecule has 1 aliphatic rings. The van der Waals surface area contributed by atoms with Crippen LogP contribution in [0.1, 0.15) is 39.4 Å². The molecule has 1 heterocycles. The number of benzene rings is 1. The molecule has 1 saturated carbocycles. The van der Waals surface area contributed by atoms with Gasteiger partial charge >= 0.3 is 0 Å². The van der Waals surface area contributed by atoms with E-state index in [9.17, 15) is 0 Å². The van der Waals surface area contributed by atoms with Crippen molar-refractivity contribution < 1.29 is 0 Å². The fourth-order valence-corrected chi connectivity index (χ4v) is 3.48. The van der Waals surface area contributed by atoms with Crippen LogP contribution in [-0.4, -0.2) is 16.0 Å². The van der Waals surface area contributed by atoms with Crippen molar-refractivity contribution >= 4 is 11.0 Å². The molecule has 2 unspecified atom stereocenters. The highest BCUT2D eigenvalue weighted by Gasteiger charge is 2.36. The molecule has 1 fully saturated rings. The van der Waals surface area contributed by atoms with Gasteiger partial charge in [0.05, 0.1) is 17.6 Å². The molecule has 19 heavy (non-hydrogen) atoms. The number of aromatic nitrogens is 2. The second-order valence-corrected chi connectivity index (χ2v) is 6.74. The zero-order valence-electron chi connectivity index (χ0n) is 12.0. The molecule has 102 valence electrons. The molecule has 1 aromatic heterocycles.